The Kier molecular flexibility index (Phi) is 9.83. The van der Waals surface area contributed by atoms with E-state index in [4.69, 9.17) is 29.9 Å². The number of rotatable bonds is 8. The lowest BCUT2D eigenvalue weighted by Crippen LogP contribution is -2.03. The Morgan fingerprint density at radius 3 is 0.935 bits per heavy atom. The highest BCUT2D eigenvalue weighted by Gasteiger charge is 2.25. The van der Waals surface area contributed by atoms with Gasteiger partial charge in [0.25, 0.3) is 0 Å². The van der Waals surface area contributed by atoms with Crippen LogP contribution in [0.4, 0.5) is 0 Å². The molecular formula is C54H32N8. The quantitative estimate of drug-likeness (QED) is 0.149. The lowest BCUT2D eigenvalue weighted by molar-refractivity contribution is 1.07. The summed E-state index contributed by atoms with van der Waals surface area (Å²) >= 11 is 0. The van der Waals surface area contributed by atoms with Gasteiger partial charge in [0.05, 0.1) is 11.1 Å². The maximum atomic E-state index is 11.1. The molecule has 0 saturated heterocycles. The second-order valence-corrected chi connectivity index (χ2v) is 14.5. The van der Waals surface area contributed by atoms with Crippen LogP contribution >= 0.6 is 0 Å². The molecule has 10 aromatic rings. The van der Waals surface area contributed by atoms with Crippen LogP contribution in [0.15, 0.2) is 194 Å². The monoisotopic (exact) mass is 792 g/mol. The van der Waals surface area contributed by atoms with Gasteiger partial charge in [-0.3, -0.25) is 0 Å². The summed E-state index contributed by atoms with van der Waals surface area (Å²) in [5.41, 5.74) is 8.41. The first-order valence-corrected chi connectivity index (χ1v) is 20.0. The maximum Gasteiger partial charge on any atom is 0.164 e. The molecule has 0 aliphatic carbocycles. The van der Waals surface area contributed by atoms with E-state index in [0.717, 1.165) is 33.4 Å². The standard InChI is InChI=1S/C54H32N8/c55-33-45-41-25-13-14-26-42(41)46(34-56)48(43-27-15-16-28-44(43)54-61-51(38-21-9-3-10-22-38)60-52(62-54)39-23-11-4-12-24-39)47(45)35-29-31-40(32-30-35)53-58-49(36-17-5-1-6-18-36)57-50(59-53)37-19-7-2-8-20-37/h1-32H. The van der Waals surface area contributed by atoms with E-state index in [1.807, 2.05) is 194 Å². The average Bonchev–Trinajstić information content (AvgIpc) is 3.36. The van der Waals surface area contributed by atoms with E-state index in [1.165, 1.54) is 0 Å². The summed E-state index contributed by atoms with van der Waals surface area (Å²) < 4.78 is 0. The van der Waals surface area contributed by atoms with Gasteiger partial charge in [-0.05, 0) is 11.1 Å². The lowest BCUT2D eigenvalue weighted by atomic mass is 9.82. The van der Waals surface area contributed by atoms with Gasteiger partial charge in [-0.25, -0.2) is 29.9 Å². The summed E-state index contributed by atoms with van der Waals surface area (Å²) in [6, 6.07) is 67.6. The summed E-state index contributed by atoms with van der Waals surface area (Å²) in [5, 5.41) is 23.5. The Hall–Kier alpha value is -8.98. The SMILES string of the molecule is N#Cc1c(-c2ccc(-c3nc(-c4ccccc4)nc(-c4ccccc4)n3)cc2)c(-c2ccccc2-c2nc(-c3ccccc3)nc(-c3ccccc3)n2)c(C#N)c2ccccc12. The number of hydrogen-bond acceptors (Lipinski definition) is 8. The highest BCUT2D eigenvalue weighted by Crippen LogP contribution is 2.46. The molecule has 2 heterocycles. The van der Waals surface area contributed by atoms with E-state index < -0.39 is 0 Å². The van der Waals surface area contributed by atoms with Crippen LogP contribution in [0.2, 0.25) is 0 Å². The van der Waals surface area contributed by atoms with Crippen molar-refractivity contribution in [2.24, 2.45) is 0 Å². The van der Waals surface area contributed by atoms with Gasteiger partial charge >= 0.3 is 0 Å². The number of benzene rings is 8. The van der Waals surface area contributed by atoms with Gasteiger partial charge in [-0.2, -0.15) is 10.5 Å². The molecule has 0 aliphatic heterocycles. The van der Waals surface area contributed by atoms with Gasteiger partial charge in [0.2, 0.25) is 0 Å². The molecule has 0 atom stereocenters. The Balaban J connectivity index is 1.19. The van der Waals surface area contributed by atoms with Crippen LogP contribution in [0.1, 0.15) is 11.1 Å². The van der Waals surface area contributed by atoms with Crippen molar-refractivity contribution in [3.8, 4) is 103 Å². The Morgan fingerprint density at radius 1 is 0.258 bits per heavy atom. The van der Waals surface area contributed by atoms with Crippen molar-refractivity contribution in [3.05, 3.63) is 205 Å². The zero-order chi connectivity index (χ0) is 41.8. The van der Waals surface area contributed by atoms with Crippen molar-refractivity contribution >= 4 is 10.8 Å². The molecule has 0 N–H and O–H groups in total. The molecule has 0 unspecified atom stereocenters. The minimum atomic E-state index is 0.434. The summed E-state index contributed by atoms with van der Waals surface area (Å²) in [4.78, 5) is 29.8. The highest BCUT2D eigenvalue weighted by molar-refractivity contribution is 6.08. The van der Waals surface area contributed by atoms with Crippen LogP contribution in [-0.4, -0.2) is 29.9 Å². The number of nitrogens with zero attached hydrogens (tertiary/aromatic N) is 8. The number of aromatic nitrogens is 6. The van der Waals surface area contributed by atoms with Crippen LogP contribution in [0.5, 0.6) is 0 Å². The Labute approximate surface area is 357 Å². The molecule has 8 aromatic carbocycles. The Morgan fingerprint density at radius 2 is 0.548 bits per heavy atom. The van der Waals surface area contributed by atoms with Crippen molar-refractivity contribution in [3.63, 3.8) is 0 Å². The fourth-order valence-electron chi connectivity index (χ4n) is 7.78. The molecule has 0 aliphatic rings. The first kappa shape index (κ1) is 37.3. The molecular weight excluding hydrogens is 761 g/mol. The fraction of sp³-hybridized carbons (Fsp3) is 0. The average molecular weight is 793 g/mol. The van der Waals surface area contributed by atoms with E-state index in [9.17, 15) is 10.5 Å². The van der Waals surface area contributed by atoms with Crippen molar-refractivity contribution in [1.29, 1.82) is 10.5 Å². The third-order valence-corrected chi connectivity index (χ3v) is 10.7. The molecule has 0 fully saturated rings. The highest BCUT2D eigenvalue weighted by atomic mass is 15.0. The molecule has 2 aromatic heterocycles. The maximum absolute atomic E-state index is 11.1. The van der Waals surface area contributed by atoms with Crippen molar-refractivity contribution in [2.75, 3.05) is 0 Å². The topological polar surface area (TPSA) is 125 Å². The molecule has 8 heteroatoms. The largest absolute Gasteiger partial charge is 0.208 e. The van der Waals surface area contributed by atoms with E-state index >= 15 is 0 Å². The van der Waals surface area contributed by atoms with E-state index in [-0.39, 0.29) is 0 Å². The van der Waals surface area contributed by atoms with Crippen LogP contribution < -0.4 is 0 Å². The summed E-state index contributed by atoms with van der Waals surface area (Å²) in [6.07, 6.45) is 0. The van der Waals surface area contributed by atoms with Crippen molar-refractivity contribution in [1.82, 2.24) is 29.9 Å². The predicted molar refractivity (Wildman–Crippen MR) is 244 cm³/mol. The van der Waals surface area contributed by atoms with E-state index in [2.05, 4.69) is 12.1 Å². The van der Waals surface area contributed by atoms with Gasteiger partial charge in [-0.1, -0.05) is 194 Å². The zero-order valence-corrected chi connectivity index (χ0v) is 33.1. The van der Waals surface area contributed by atoms with Gasteiger partial charge in [-0.15, -0.1) is 0 Å². The molecule has 288 valence electrons. The van der Waals surface area contributed by atoms with Crippen molar-refractivity contribution in [2.45, 2.75) is 0 Å². The fourth-order valence-corrected chi connectivity index (χ4v) is 7.78. The van der Waals surface area contributed by atoms with Crippen LogP contribution in [-0.2, 0) is 0 Å². The molecule has 8 nitrogen and oxygen atoms in total. The number of nitriles is 2. The third-order valence-electron chi connectivity index (χ3n) is 10.7. The minimum Gasteiger partial charge on any atom is -0.208 e. The minimum absolute atomic E-state index is 0.434. The van der Waals surface area contributed by atoms with E-state index in [1.54, 1.807) is 0 Å². The van der Waals surface area contributed by atoms with Crippen molar-refractivity contribution < 1.29 is 0 Å². The molecule has 0 radical (unpaired) electrons. The lowest BCUT2D eigenvalue weighted by Gasteiger charge is -2.20. The second-order valence-electron chi connectivity index (χ2n) is 14.5. The molecule has 10 rings (SSSR count). The molecule has 0 saturated carbocycles. The first-order valence-electron chi connectivity index (χ1n) is 20.0. The second kappa shape index (κ2) is 16.3. The van der Waals surface area contributed by atoms with Gasteiger partial charge in [0.1, 0.15) is 12.1 Å². The molecule has 0 amide bonds. The first-order chi connectivity index (χ1) is 30.7. The van der Waals surface area contributed by atoms with Crippen LogP contribution in [0.25, 0.3) is 101 Å². The number of fused-ring (bicyclic) bond motifs is 1. The Bertz CT molecular complexity index is 3230. The van der Waals surface area contributed by atoms with E-state index in [0.29, 0.717) is 79.1 Å². The molecule has 0 bridgehead atoms. The van der Waals surface area contributed by atoms with Gasteiger partial charge in [0, 0.05) is 55.3 Å². The smallest absolute Gasteiger partial charge is 0.164 e. The van der Waals surface area contributed by atoms with Gasteiger partial charge in [0.15, 0.2) is 34.9 Å². The summed E-state index contributed by atoms with van der Waals surface area (Å²) in [5.74, 6) is 3.08. The summed E-state index contributed by atoms with van der Waals surface area (Å²) in [6.45, 7) is 0. The number of hydrogen-bond donors (Lipinski definition) is 0. The third kappa shape index (κ3) is 7.00. The predicted octanol–water partition coefficient (Wildman–Crippen LogP) is 12.3. The van der Waals surface area contributed by atoms with Crippen LogP contribution in [0, 0.1) is 22.7 Å². The molecule has 62 heavy (non-hydrogen) atoms. The van der Waals surface area contributed by atoms with Crippen LogP contribution in [0.3, 0.4) is 0 Å². The summed E-state index contributed by atoms with van der Waals surface area (Å²) in [7, 11) is 0. The van der Waals surface area contributed by atoms with Gasteiger partial charge < -0.3 is 0 Å². The molecule has 0 spiro atoms. The zero-order valence-electron chi connectivity index (χ0n) is 33.1. The normalized spacial score (nSPS) is 10.9.